The number of carbonyl (C=O) groups excluding carboxylic acids is 2. The predicted molar refractivity (Wildman–Crippen MR) is 139 cm³/mol. The van der Waals surface area contributed by atoms with Crippen LogP contribution in [0.5, 0.6) is 5.75 Å². The second-order valence-electron chi connectivity index (χ2n) is 8.44. The smallest absolute Gasteiger partial charge is 0.261 e. The highest BCUT2D eigenvalue weighted by Crippen LogP contribution is 2.38. The van der Waals surface area contributed by atoms with E-state index < -0.39 is 11.9 Å². The molecule has 186 valence electrons. The Morgan fingerprint density at radius 1 is 0.946 bits per heavy atom. The first-order chi connectivity index (χ1) is 18.0. The molecule has 0 spiro atoms. The summed E-state index contributed by atoms with van der Waals surface area (Å²) in [5.41, 5.74) is 2.97. The van der Waals surface area contributed by atoms with Crippen LogP contribution in [0.25, 0.3) is 0 Å². The van der Waals surface area contributed by atoms with E-state index in [1.165, 1.54) is 25.4 Å². The molecule has 1 aromatic heterocycles. The molecule has 9 heteroatoms. The Labute approximate surface area is 212 Å². The monoisotopic (exact) mass is 497 g/mol. The van der Waals surface area contributed by atoms with E-state index in [1.54, 1.807) is 60.1 Å². The van der Waals surface area contributed by atoms with E-state index in [0.29, 0.717) is 45.3 Å². The van der Waals surface area contributed by atoms with Crippen LogP contribution in [0, 0.1) is 5.82 Å². The second-order valence-corrected chi connectivity index (χ2v) is 8.44. The van der Waals surface area contributed by atoms with E-state index in [1.807, 2.05) is 18.2 Å². The van der Waals surface area contributed by atoms with E-state index in [9.17, 15) is 14.0 Å². The Morgan fingerprint density at radius 3 is 2.38 bits per heavy atom. The number of methoxy groups -OCH3 is 1. The predicted octanol–water partition coefficient (Wildman–Crippen LogP) is 5.21. The van der Waals surface area contributed by atoms with Gasteiger partial charge in [-0.05, 0) is 48.9 Å². The van der Waals surface area contributed by atoms with Crippen molar-refractivity contribution >= 4 is 29.0 Å². The van der Waals surface area contributed by atoms with Crippen molar-refractivity contribution in [2.24, 2.45) is 0 Å². The van der Waals surface area contributed by atoms with Gasteiger partial charge in [0, 0.05) is 11.4 Å². The lowest BCUT2D eigenvalue weighted by molar-refractivity contribution is -0.113. The number of anilines is 3. The van der Waals surface area contributed by atoms with Gasteiger partial charge < -0.3 is 20.7 Å². The first-order valence-corrected chi connectivity index (χ1v) is 11.6. The second kappa shape index (κ2) is 9.98. The molecule has 1 aliphatic rings. The molecule has 8 nitrogen and oxygen atoms in total. The number of para-hydroxylation sites is 3. The molecule has 0 saturated heterocycles. The number of fused-ring (bicyclic) bond motifs is 1. The van der Waals surface area contributed by atoms with Crippen LogP contribution >= 0.6 is 0 Å². The lowest BCUT2D eigenvalue weighted by Crippen LogP contribution is -2.32. The number of hydrogen-bond acceptors (Lipinski definition) is 5. The van der Waals surface area contributed by atoms with Crippen LogP contribution in [-0.2, 0) is 4.79 Å². The fourth-order valence-electron chi connectivity index (χ4n) is 4.33. The zero-order valence-corrected chi connectivity index (χ0v) is 20.2. The van der Waals surface area contributed by atoms with Crippen LogP contribution in [0.15, 0.2) is 96.3 Å². The SMILES string of the molecule is COc1ccccc1NC(=O)C1=C(C)Nc2c(C(=O)Nc3ccccc3)cnn2C1c1ccc(F)cc1. The molecule has 0 fully saturated rings. The summed E-state index contributed by atoms with van der Waals surface area (Å²) < 4.78 is 20.7. The number of rotatable bonds is 6. The minimum atomic E-state index is -0.718. The number of allylic oxidation sites excluding steroid dienone is 1. The average Bonchev–Trinajstić information content (AvgIpc) is 3.33. The molecule has 2 heterocycles. The molecule has 3 aromatic carbocycles. The Kier molecular flexibility index (Phi) is 6.42. The quantitative estimate of drug-likeness (QED) is 0.340. The number of nitrogens with zero attached hydrogens (tertiary/aromatic N) is 2. The average molecular weight is 498 g/mol. The largest absolute Gasteiger partial charge is 0.495 e. The van der Waals surface area contributed by atoms with E-state index in [4.69, 9.17) is 4.74 Å². The van der Waals surface area contributed by atoms with E-state index in [-0.39, 0.29) is 11.8 Å². The summed E-state index contributed by atoms with van der Waals surface area (Å²) in [6, 6.07) is 21.3. The fourth-order valence-corrected chi connectivity index (χ4v) is 4.33. The summed E-state index contributed by atoms with van der Waals surface area (Å²) in [6.45, 7) is 1.75. The van der Waals surface area contributed by atoms with E-state index >= 15 is 0 Å². The Balaban J connectivity index is 1.55. The molecule has 0 saturated carbocycles. The summed E-state index contributed by atoms with van der Waals surface area (Å²) in [4.78, 5) is 26.7. The molecular weight excluding hydrogens is 473 g/mol. The van der Waals surface area contributed by atoms with Gasteiger partial charge in [-0.1, -0.05) is 42.5 Å². The molecule has 3 N–H and O–H groups in total. The number of hydrogen-bond donors (Lipinski definition) is 3. The number of ether oxygens (including phenoxy) is 1. The minimum Gasteiger partial charge on any atom is -0.495 e. The van der Waals surface area contributed by atoms with Crippen molar-refractivity contribution in [2.45, 2.75) is 13.0 Å². The fraction of sp³-hybridized carbons (Fsp3) is 0.107. The van der Waals surface area contributed by atoms with Gasteiger partial charge in [0.15, 0.2) is 0 Å². The third-order valence-electron chi connectivity index (χ3n) is 6.09. The molecule has 1 atom stereocenters. The number of aromatic nitrogens is 2. The van der Waals surface area contributed by atoms with Crippen LogP contribution in [0.4, 0.5) is 21.6 Å². The van der Waals surface area contributed by atoms with E-state index in [2.05, 4.69) is 21.0 Å². The molecule has 1 aliphatic heterocycles. The van der Waals surface area contributed by atoms with Gasteiger partial charge in [-0.2, -0.15) is 5.10 Å². The lowest BCUT2D eigenvalue weighted by Gasteiger charge is -2.30. The van der Waals surface area contributed by atoms with Crippen molar-refractivity contribution in [1.29, 1.82) is 0 Å². The van der Waals surface area contributed by atoms with Gasteiger partial charge in [0.1, 0.15) is 29.0 Å². The summed E-state index contributed by atoms with van der Waals surface area (Å²) in [5.74, 6) is -0.209. The van der Waals surface area contributed by atoms with Crippen LogP contribution < -0.4 is 20.7 Å². The minimum absolute atomic E-state index is 0.305. The maximum atomic E-state index is 13.8. The zero-order chi connectivity index (χ0) is 25.9. The number of halogens is 1. The van der Waals surface area contributed by atoms with Gasteiger partial charge >= 0.3 is 0 Å². The Morgan fingerprint density at radius 2 is 1.65 bits per heavy atom. The van der Waals surface area contributed by atoms with Crippen molar-refractivity contribution < 1.29 is 18.7 Å². The molecule has 1 unspecified atom stereocenters. The first kappa shape index (κ1) is 23.8. The molecule has 0 radical (unpaired) electrons. The zero-order valence-electron chi connectivity index (χ0n) is 20.2. The summed E-state index contributed by atoms with van der Waals surface area (Å²) in [6.07, 6.45) is 1.45. The normalized spacial score (nSPS) is 14.4. The maximum absolute atomic E-state index is 13.8. The van der Waals surface area contributed by atoms with Gasteiger partial charge in [-0.25, -0.2) is 9.07 Å². The molecule has 2 amide bonds. The third-order valence-corrected chi connectivity index (χ3v) is 6.09. The highest BCUT2D eigenvalue weighted by atomic mass is 19.1. The standard InChI is InChI=1S/C28H24FN5O3/c1-17-24(28(36)33-22-10-6-7-11-23(22)37-2)25(18-12-14-19(29)15-13-18)34-26(31-17)21(16-30-34)27(35)32-20-8-4-3-5-9-20/h3-16,25,31H,1-2H3,(H,32,35)(H,33,36). The van der Waals surface area contributed by atoms with Crippen LogP contribution in [0.3, 0.4) is 0 Å². The van der Waals surface area contributed by atoms with Gasteiger partial charge in [0.2, 0.25) is 0 Å². The summed E-state index contributed by atoms with van der Waals surface area (Å²) >= 11 is 0. The van der Waals surface area contributed by atoms with Crippen LogP contribution in [-0.4, -0.2) is 28.7 Å². The topological polar surface area (TPSA) is 97.3 Å². The summed E-state index contributed by atoms with van der Waals surface area (Å²) in [5, 5.41) is 13.4. The van der Waals surface area contributed by atoms with Crippen LogP contribution in [0.1, 0.15) is 28.9 Å². The van der Waals surface area contributed by atoms with Crippen molar-refractivity contribution in [3.8, 4) is 5.75 Å². The number of benzene rings is 3. The third kappa shape index (κ3) is 4.66. The molecule has 0 aliphatic carbocycles. The van der Waals surface area contributed by atoms with Crippen molar-refractivity contribution in [1.82, 2.24) is 9.78 Å². The first-order valence-electron chi connectivity index (χ1n) is 11.6. The number of nitrogens with one attached hydrogen (secondary N) is 3. The highest BCUT2D eigenvalue weighted by Gasteiger charge is 2.35. The van der Waals surface area contributed by atoms with Crippen molar-refractivity contribution in [3.05, 3.63) is 113 Å². The molecule has 4 aromatic rings. The van der Waals surface area contributed by atoms with Crippen molar-refractivity contribution in [2.75, 3.05) is 23.1 Å². The van der Waals surface area contributed by atoms with Crippen molar-refractivity contribution in [3.63, 3.8) is 0 Å². The highest BCUT2D eigenvalue weighted by molar-refractivity contribution is 6.09. The van der Waals surface area contributed by atoms with Gasteiger partial charge in [-0.15, -0.1) is 0 Å². The Bertz CT molecular complexity index is 1500. The van der Waals surface area contributed by atoms with Gasteiger partial charge in [0.25, 0.3) is 11.8 Å². The lowest BCUT2D eigenvalue weighted by atomic mass is 9.94. The Hall–Kier alpha value is -4.92. The van der Waals surface area contributed by atoms with Gasteiger partial charge in [0.05, 0.1) is 24.6 Å². The number of amides is 2. The molecular formula is C28H24FN5O3. The number of carbonyl (C=O) groups is 2. The molecule has 5 rings (SSSR count). The summed E-state index contributed by atoms with van der Waals surface area (Å²) in [7, 11) is 1.52. The van der Waals surface area contributed by atoms with E-state index in [0.717, 1.165) is 0 Å². The molecule has 0 bridgehead atoms. The molecule has 37 heavy (non-hydrogen) atoms. The van der Waals surface area contributed by atoms with Crippen LogP contribution in [0.2, 0.25) is 0 Å². The van der Waals surface area contributed by atoms with Gasteiger partial charge in [-0.3, -0.25) is 9.59 Å². The maximum Gasteiger partial charge on any atom is 0.261 e.